The van der Waals surface area contributed by atoms with E-state index in [-0.39, 0.29) is 6.54 Å². The van der Waals surface area contributed by atoms with Crippen molar-refractivity contribution in [1.82, 2.24) is 10.3 Å². The Morgan fingerprint density at radius 1 is 1.37 bits per heavy atom. The maximum atomic E-state index is 12.4. The summed E-state index contributed by atoms with van der Waals surface area (Å²) >= 11 is 1.51. The van der Waals surface area contributed by atoms with E-state index in [1.807, 2.05) is 0 Å². The van der Waals surface area contributed by atoms with E-state index >= 15 is 0 Å². The fraction of sp³-hybridized carbons (Fsp3) is 0.769. The van der Waals surface area contributed by atoms with Crippen molar-refractivity contribution in [2.45, 2.75) is 52.6 Å². The summed E-state index contributed by atoms with van der Waals surface area (Å²) in [5.41, 5.74) is 1.04. The number of thiazole rings is 1. The molecule has 0 atom stereocenters. The predicted molar refractivity (Wildman–Crippen MR) is 77.4 cm³/mol. The van der Waals surface area contributed by atoms with Crippen molar-refractivity contribution >= 4 is 16.5 Å². The van der Waals surface area contributed by atoms with Crippen LogP contribution in [0.2, 0.25) is 0 Å². The van der Waals surface area contributed by atoms with Crippen molar-refractivity contribution in [1.29, 1.82) is 0 Å². The summed E-state index contributed by atoms with van der Waals surface area (Å²) in [5.74, 6) is 0. The van der Waals surface area contributed by atoms with Gasteiger partial charge in [-0.3, -0.25) is 0 Å². The van der Waals surface area contributed by atoms with Crippen LogP contribution in [0.4, 0.5) is 13.9 Å². The van der Waals surface area contributed by atoms with E-state index in [1.165, 1.54) is 16.2 Å². The zero-order valence-electron chi connectivity index (χ0n) is 12.0. The fourth-order valence-electron chi connectivity index (χ4n) is 1.69. The topological polar surface area (TPSA) is 28.2 Å². The van der Waals surface area contributed by atoms with Crippen LogP contribution in [0.5, 0.6) is 0 Å². The predicted octanol–water partition coefficient (Wildman–Crippen LogP) is 3.29. The molecule has 1 heterocycles. The molecule has 3 nitrogen and oxygen atoms in total. The number of nitrogens with one attached hydrogen (secondary N) is 1. The Kier molecular flexibility index (Phi) is 6.65. The molecule has 0 unspecified atom stereocenters. The van der Waals surface area contributed by atoms with Gasteiger partial charge in [-0.05, 0) is 6.42 Å². The maximum Gasteiger partial charge on any atom is 0.255 e. The molecule has 0 aliphatic carbocycles. The third-order valence-electron chi connectivity index (χ3n) is 2.66. The first-order valence-corrected chi connectivity index (χ1v) is 7.46. The molecule has 0 aromatic carbocycles. The molecule has 0 aliphatic heterocycles. The molecule has 0 fully saturated rings. The summed E-state index contributed by atoms with van der Waals surface area (Å²) in [4.78, 5) is 7.20. The Hall–Kier alpha value is -0.750. The summed E-state index contributed by atoms with van der Waals surface area (Å²) in [7, 11) is 1.67. The van der Waals surface area contributed by atoms with Crippen LogP contribution in [0.3, 0.4) is 0 Å². The summed E-state index contributed by atoms with van der Waals surface area (Å²) in [6, 6.07) is 0.402. The van der Waals surface area contributed by atoms with E-state index < -0.39 is 6.43 Å². The van der Waals surface area contributed by atoms with E-state index in [9.17, 15) is 8.78 Å². The van der Waals surface area contributed by atoms with Crippen LogP contribution in [-0.2, 0) is 13.0 Å². The number of aromatic nitrogens is 1. The molecule has 1 aromatic rings. The molecule has 0 spiro atoms. The van der Waals surface area contributed by atoms with Crippen LogP contribution in [-0.4, -0.2) is 31.0 Å². The molecule has 0 aliphatic rings. The zero-order valence-corrected chi connectivity index (χ0v) is 12.9. The number of nitrogens with zero attached hydrogens (tertiary/aromatic N) is 2. The third kappa shape index (κ3) is 5.40. The molecular weight excluding hydrogens is 268 g/mol. The third-order valence-corrected chi connectivity index (χ3v) is 3.87. The highest BCUT2D eigenvalue weighted by atomic mass is 32.1. The molecule has 6 heteroatoms. The summed E-state index contributed by atoms with van der Waals surface area (Å²) in [5, 5.41) is 4.04. The molecule has 110 valence electrons. The molecule has 0 radical (unpaired) electrons. The number of anilines is 1. The number of hydrogen-bond donors (Lipinski definition) is 1. The maximum absolute atomic E-state index is 12.4. The van der Waals surface area contributed by atoms with Gasteiger partial charge in [0.25, 0.3) is 6.43 Å². The van der Waals surface area contributed by atoms with E-state index in [2.05, 4.69) is 31.1 Å². The first-order chi connectivity index (χ1) is 8.93. The van der Waals surface area contributed by atoms with Gasteiger partial charge in [0, 0.05) is 24.5 Å². The highest BCUT2D eigenvalue weighted by molar-refractivity contribution is 7.15. The van der Waals surface area contributed by atoms with Gasteiger partial charge in [0.05, 0.1) is 12.2 Å². The van der Waals surface area contributed by atoms with Crippen molar-refractivity contribution in [3.05, 3.63) is 10.6 Å². The van der Waals surface area contributed by atoms with Crippen molar-refractivity contribution in [2.24, 2.45) is 0 Å². The summed E-state index contributed by atoms with van der Waals surface area (Å²) in [6.45, 7) is 6.76. The average Bonchev–Trinajstić information content (AvgIpc) is 2.69. The second-order valence-corrected chi connectivity index (χ2v) is 5.99. The van der Waals surface area contributed by atoms with Gasteiger partial charge in [0.2, 0.25) is 0 Å². The van der Waals surface area contributed by atoms with Gasteiger partial charge in [-0.15, -0.1) is 11.3 Å². The van der Waals surface area contributed by atoms with Crippen molar-refractivity contribution in [3.63, 3.8) is 0 Å². The fourth-order valence-corrected chi connectivity index (χ4v) is 2.71. The van der Waals surface area contributed by atoms with Gasteiger partial charge >= 0.3 is 0 Å². The van der Waals surface area contributed by atoms with Crippen LogP contribution in [0.1, 0.15) is 37.8 Å². The lowest BCUT2D eigenvalue weighted by molar-refractivity contribution is 0.156. The first-order valence-electron chi connectivity index (χ1n) is 6.65. The Balaban J connectivity index is 2.80. The van der Waals surface area contributed by atoms with Gasteiger partial charge in [-0.1, -0.05) is 27.2 Å². The Labute approximate surface area is 118 Å². The standard InChI is InChI=1S/C13H23F2N3S/c1-5-6-10-11(7-16-9(2)3)19-13(17-10)18(4)8-12(14)15/h9,12,16H,5-8H2,1-4H3. The minimum absolute atomic E-state index is 0.268. The van der Waals surface area contributed by atoms with Gasteiger partial charge in [0.15, 0.2) is 5.13 Å². The monoisotopic (exact) mass is 291 g/mol. The number of hydrogen-bond acceptors (Lipinski definition) is 4. The lowest BCUT2D eigenvalue weighted by atomic mass is 10.2. The van der Waals surface area contributed by atoms with Crippen LogP contribution >= 0.6 is 11.3 Å². The van der Waals surface area contributed by atoms with E-state index in [1.54, 1.807) is 7.05 Å². The number of alkyl halides is 2. The normalized spacial score (nSPS) is 11.6. The van der Waals surface area contributed by atoms with E-state index in [0.29, 0.717) is 11.2 Å². The molecule has 0 amide bonds. The average molecular weight is 291 g/mol. The van der Waals surface area contributed by atoms with Gasteiger partial charge < -0.3 is 10.2 Å². The molecule has 0 bridgehead atoms. The largest absolute Gasteiger partial charge is 0.345 e. The van der Waals surface area contributed by atoms with Crippen molar-refractivity contribution < 1.29 is 8.78 Å². The number of halogens is 2. The van der Waals surface area contributed by atoms with Crippen LogP contribution in [0, 0.1) is 0 Å². The SMILES string of the molecule is CCCc1nc(N(C)CC(F)F)sc1CNC(C)C. The number of rotatable bonds is 8. The molecule has 1 rings (SSSR count). The smallest absolute Gasteiger partial charge is 0.255 e. The molecular formula is C13H23F2N3S. The Morgan fingerprint density at radius 3 is 2.58 bits per heavy atom. The van der Waals surface area contributed by atoms with E-state index in [4.69, 9.17) is 0 Å². The highest BCUT2D eigenvalue weighted by Crippen LogP contribution is 2.27. The van der Waals surface area contributed by atoms with Crippen molar-refractivity contribution in [3.8, 4) is 0 Å². The summed E-state index contributed by atoms with van der Waals surface area (Å²) < 4.78 is 24.8. The minimum atomic E-state index is -2.33. The van der Waals surface area contributed by atoms with Crippen molar-refractivity contribution in [2.75, 3.05) is 18.5 Å². The van der Waals surface area contributed by atoms with Gasteiger partial charge in [-0.25, -0.2) is 13.8 Å². The highest BCUT2D eigenvalue weighted by Gasteiger charge is 2.16. The summed E-state index contributed by atoms with van der Waals surface area (Å²) in [6.07, 6.45) is -0.425. The second kappa shape index (κ2) is 7.75. The molecule has 1 aromatic heterocycles. The lowest BCUT2D eigenvalue weighted by Gasteiger charge is -2.14. The molecule has 1 N–H and O–H groups in total. The first kappa shape index (κ1) is 16.3. The van der Waals surface area contributed by atoms with Crippen LogP contribution in [0.25, 0.3) is 0 Å². The molecule has 0 saturated heterocycles. The van der Waals surface area contributed by atoms with E-state index in [0.717, 1.165) is 30.0 Å². The Bertz CT molecular complexity index is 380. The molecule has 19 heavy (non-hydrogen) atoms. The van der Waals surface area contributed by atoms with Gasteiger partial charge in [0.1, 0.15) is 0 Å². The quantitative estimate of drug-likeness (QED) is 0.796. The lowest BCUT2D eigenvalue weighted by Crippen LogP contribution is -2.23. The van der Waals surface area contributed by atoms with Crippen LogP contribution in [0.15, 0.2) is 0 Å². The van der Waals surface area contributed by atoms with Crippen LogP contribution < -0.4 is 10.2 Å². The molecule has 0 saturated carbocycles. The zero-order chi connectivity index (χ0) is 14.4. The van der Waals surface area contributed by atoms with Gasteiger partial charge in [-0.2, -0.15) is 0 Å². The minimum Gasteiger partial charge on any atom is -0.345 e. The second-order valence-electron chi connectivity index (χ2n) is 4.92. The Morgan fingerprint density at radius 2 is 2.05 bits per heavy atom. The number of aryl methyl sites for hydroxylation is 1.